The summed E-state index contributed by atoms with van der Waals surface area (Å²) in [6.07, 6.45) is 1.25. The Morgan fingerprint density at radius 3 is 2.52 bits per heavy atom. The minimum absolute atomic E-state index is 0.0271. The van der Waals surface area contributed by atoms with Gasteiger partial charge in [0.25, 0.3) is 5.91 Å². The lowest BCUT2D eigenvalue weighted by Gasteiger charge is -2.31. The lowest BCUT2D eigenvalue weighted by atomic mass is 9.92. The highest BCUT2D eigenvalue weighted by molar-refractivity contribution is 6.40. The summed E-state index contributed by atoms with van der Waals surface area (Å²) in [6, 6.07) is 3.61. The summed E-state index contributed by atoms with van der Waals surface area (Å²) < 4.78 is 0. The number of halogens is 2. The number of piperidine rings is 1. The van der Waals surface area contributed by atoms with Crippen molar-refractivity contribution in [2.45, 2.75) is 27.2 Å². The third-order valence-electron chi connectivity index (χ3n) is 4.04. The molecule has 1 aromatic carbocycles. The normalized spacial score (nSPS) is 25.7. The van der Waals surface area contributed by atoms with Crippen molar-refractivity contribution in [2.75, 3.05) is 25.0 Å². The summed E-state index contributed by atoms with van der Waals surface area (Å²) in [5, 5.41) is 3.87. The smallest absolute Gasteiger partial charge is 0.279 e. The maximum atomic E-state index is 12.3. The fourth-order valence-corrected chi connectivity index (χ4v) is 3.71. The largest absolute Gasteiger partial charge is 0.327 e. The zero-order valence-corrected chi connectivity index (χ0v) is 14.3. The molecule has 1 aromatic rings. The third-order valence-corrected chi connectivity index (χ3v) is 4.84. The predicted octanol–water partition coefficient (Wildman–Crippen LogP) is 2.80. The van der Waals surface area contributed by atoms with E-state index in [1.807, 2.05) is 13.0 Å². The molecule has 116 valence electrons. The van der Waals surface area contributed by atoms with Crippen LogP contribution in [-0.4, -0.2) is 25.5 Å². The molecule has 1 saturated heterocycles. The molecule has 1 heterocycles. The molecule has 1 amide bonds. The standard InChI is InChI=1S/C16H22Cl2N2O/c1-10-6-11(2)8-20(7-10)9-14(21)19-16-13(17)5-4-12(3)15(16)18/h4-5,10-11H,6-9H2,1-3H3,(H,19,21)/p+1/t10-,11-/m1/s1. The molecule has 0 aromatic heterocycles. The summed E-state index contributed by atoms with van der Waals surface area (Å²) in [5.74, 6) is 1.31. The second kappa shape index (κ2) is 6.99. The average Bonchev–Trinajstić information content (AvgIpc) is 2.38. The van der Waals surface area contributed by atoms with Crippen molar-refractivity contribution in [3.05, 3.63) is 27.7 Å². The molecule has 0 saturated carbocycles. The zero-order chi connectivity index (χ0) is 15.6. The summed E-state index contributed by atoms with van der Waals surface area (Å²) in [7, 11) is 0. The predicted molar refractivity (Wildman–Crippen MR) is 88.3 cm³/mol. The van der Waals surface area contributed by atoms with Crippen LogP contribution in [0, 0.1) is 18.8 Å². The van der Waals surface area contributed by atoms with Gasteiger partial charge in [-0.1, -0.05) is 43.1 Å². The highest BCUT2D eigenvalue weighted by Crippen LogP contribution is 2.32. The minimum atomic E-state index is -0.0271. The highest BCUT2D eigenvalue weighted by Gasteiger charge is 2.27. The van der Waals surface area contributed by atoms with Crippen LogP contribution in [0.25, 0.3) is 0 Å². The van der Waals surface area contributed by atoms with Gasteiger partial charge in [-0.05, 0) is 25.0 Å². The molecule has 1 aliphatic heterocycles. The molecule has 2 atom stereocenters. The fourth-order valence-electron chi connectivity index (χ4n) is 3.25. The number of benzene rings is 1. The van der Waals surface area contributed by atoms with Crippen LogP contribution in [0.2, 0.25) is 10.0 Å². The molecule has 3 nitrogen and oxygen atoms in total. The van der Waals surface area contributed by atoms with Gasteiger partial charge in [-0.15, -0.1) is 0 Å². The highest BCUT2D eigenvalue weighted by atomic mass is 35.5. The molecular formula is C16H23Cl2N2O+. The number of aryl methyl sites for hydroxylation is 1. The van der Waals surface area contributed by atoms with Crippen LogP contribution in [0.3, 0.4) is 0 Å². The van der Waals surface area contributed by atoms with Crippen molar-refractivity contribution in [2.24, 2.45) is 11.8 Å². The van der Waals surface area contributed by atoms with E-state index in [1.165, 1.54) is 11.3 Å². The molecule has 5 heteroatoms. The van der Waals surface area contributed by atoms with E-state index in [2.05, 4.69) is 19.2 Å². The molecule has 2 N–H and O–H groups in total. The third kappa shape index (κ3) is 4.35. The number of carbonyl (C=O) groups is 1. The number of rotatable bonds is 3. The Morgan fingerprint density at radius 2 is 1.90 bits per heavy atom. The second-order valence-corrected chi connectivity index (χ2v) is 7.17. The summed E-state index contributed by atoms with van der Waals surface area (Å²) in [4.78, 5) is 13.6. The Bertz CT molecular complexity index is 523. The first-order valence-electron chi connectivity index (χ1n) is 7.44. The van der Waals surface area contributed by atoms with E-state index in [1.54, 1.807) is 6.07 Å². The summed E-state index contributed by atoms with van der Waals surface area (Å²) >= 11 is 12.4. The fraction of sp³-hybridized carbons (Fsp3) is 0.562. The van der Waals surface area contributed by atoms with E-state index in [4.69, 9.17) is 23.2 Å². The van der Waals surface area contributed by atoms with E-state index >= 15 is 0 Å². The van der Waals surface area contributed by atoms with Crippen LogP contribution in [0.5, 0.6) is 0 Å². The van der Waals surface area contributed by atoms with E-state index in [0.717, 1.165) is 18.7 Å². The van der Waals surface area contributed by atoms with Crippen molar-refractivity contribution in [1.82, 2.24) is 0 Å². The van der Waals surface area contributed by atoms with Crippen LogP contribution < -0.4 is 10.2 Å². The molecule has 2 rings (SSSR count). The van der Waals surface area contributed by atoms with Gasteiger partial charge in [-0.25, -0.2) is 0 Å². The monoisotopic (exact) mass is 329 g/mol. The Labute approximate surface area is 136 Å². The molecule has 1 fully saturated rings. The number of amides is 1. The molecular weight excluding hydrogens is 307 g/mol. The molecule has 0 aliphatic carbocycles. The Balaban J connectivity index is 2.01. The van der Waals surface area contributed by atoms with E-state index < -0.39 is 0 Å². The SMILES string of the molecule is Cc1ccc(Cl)c(NC(=O)C[NH+]2C[C@H](C)C[C@@H](C)C2)c1Cl. The van der Waals surface area contributed by atoms with Crippen molar-refractivity contribution in [3.8, 4) is 0 Å². The van der Waals surface area contributed by atoms with E-state index in [-0.39, 0.29) is 5.91 Å². The van der Waals surface area contributed by atoms with Crippen LogP contribution >= 0.6 is 23.2 Å². The average molecular weight is 330 g/mol. The van der Waals surface area contributed by atoms with Gasteiger partial charge in [0.2, 0.25) is 0 Å². The van der Waals surface area contributed by atoms with Gasteiger partial charge in [0.1, 0.15) is 0 Å². The van der Waals surface area contributed by atoms with Crippen molar-refractivity contribution in [3.63, 3.8) is 0 Å². The van der Waals surface area contributed by atoms with Crippen LogP contribution in [-0.2, 0) is 4.79 Å². The summed E-state index contributed by atoms with van der Waals surface area (Å²) in [6.45, 7) is 8.96. The zero-order valence-electron chi connectivity index (χ0n) is 12.8. The van der Waals surface area contributed by atoms with Gasteiger partial charge >= 0.3 is 0 Å². The molecule has 1 aliphatic rings. The van der Waals surface area contributed by atoms with Crippen LogP contribution in [0.15, 0.2) is 12.1 Å². The number of quaternary nitrogens is 1. The first-order chi connectivity index (χ1) is 9.86. The lowest BCUT2D eigenvalue weighted by molar-refractivity contribution is -0.904. The van der Waals surface area contributed by atoms with Gasteiger partial charge in [0.05, 0.1) is 28.8 Å². The van der Waals surface area contributed by atoms with E-state index in [0.29, 0.717) is 34.1 Å². The molecule has 21 heavy (non-hydrogen) atoms. The molecule has 0 unspecified atom stereocenters. The Morgan fingerprint density at radius 1 is 1.29 bits per heavy atom. The Kier molecular flexibility index (Phi) is 5.53. The number of anilines is 1. The van der Waals surface area contributed by atoms with Gasteiger partial charge in [-0.2, -0.15) is 0 Å². The maximum Gasteiger partial charge on any atom is 0.279 e. The van der Waals surface area contributed by atoms with Crippen molar-refractivity contribution in [1.29, 1.82) is 0 Å². The molecule has 0 radical (unpaired) electrons. The number of hydrogen-bond acceptors (Lipinski definition) is 1. The van der Waals surface area contributed by atoms with Crippen LogP contribution in [0.4, 0.5) is 5.69 Å². The second-order valence-electron chi connectivity index (χ2n) is 6.38. The van der Waals surface area contributed by atoms with Crippen molar-refractivity contribution >= 4 is 34.8 Å². The Hall–Kier alpha value is -0.770. The number of carbonyl (C=O) groups excluding carboxylic acids is 1. The molecule has 0 spiro atoms. The lowest BCUT2D eigenvalue weighted by Crippen LogP contribution is -3.15. The first kappa shape index (κ1) is 16.6. The maximum absolute atomic E-state index is 12.3. The van der Waals surface area contributed by atoms with Gasteiger partial charge in [0, 0.05) is 11.8 Å². The topological polar surface area (TPSA) is 33.5 Å². The molecule has 0 bridgehead atoms. The van der Waals surface area contributed by atoms with Gasteiger partial charge < -0.3 is 10.2 Å². The number of likely N-dealkylation sites (tertiary alicyclic amines) is 1. The van der Waals surface area contributed by atoms with Crippen LogP contribution in [0.1, 0.15) is 25.8 Å². The minimum Gasteiger partial charge on any atom is -0.327 e. The van der Waals surface area contributed by atoms with Gasteiger partial charge in [-0.3, -0.25) is 4.79 Å². The van der Waals surface area contributed by atoms with E-state index in [9.17, 15) is 4.79 Å². The van der Waals surface area contributed by atoms with Crippen molar-refractivity contribution < 1.29 is 9.69 Å². The van der Waals surface area contributed by atoms with Gasteiger partial charge in [0.15, 0.2) is 6.54 Å². The number of hydrogen-bond donors (Lipinski definition) is 2. The number of nitrogens with one attached hydrogen (secondary N) is 2. The quantitative estimate of drug-likeness (QED) is 0.878. The summed E-state index contributed by atoms with van der Waals surface area (Å²) in [5.41, 5.74) is 1.43. The first-order valence-corrected chi connectivity index (χ1v) is 8.20.